The van der Waals surface area contributed by atoms with Crippen molar-refractivity contribution in [1.82, 2.24) is 10.4 Å². The van der Waals surface area contributed by atoms with Crippen LogP contribution in [-0.4, -0.2) is 31.8 Å². The molecule has 11 nitrogen and oxygen atoms in total. The third-order valence-corrected chi connectivity index (χ3v) is 6.04. The van der Waals surface area contributed by atoms with E-state index in [0.29, 0.717) is 18.4 Å². The van der Waals surface area contributed by atoms with Crippen LogP contribution < -0.4 is 5.43 Å². The molecule has 0 bridgehead atoms. The van der Waals surface area contributed by atoms with Gasteiger partial charge in [0.2, 0.25) is 5.91 Å². The molecule has 0 fully saturated rings. The minimum atomic E-state index is -1.08. The number of nitro benzene ring substituents is 2. The first kappa shape index (κ1) is 23.6. The van der Waals surface area contributed by atoms with Gasteiger partial charge >= 0.3 is 5.97 Å². The second-order valence-electron chi connectivity index (χ2n) is 8.29. The van der Waals surface area contributed by atoms with Gasteiger partial charge in [0, 0.05) is 30.7 Å². The fourth-order valence-electron chi connectivity index (χ4n) is 4.39. The lowest BCUT2D eigenvalue weighted by Crippen LogP contribution is -2.40. The van der Waals surface area contributed by atoms with Gasteiger partial charge in [-0.15, -0.1) is 0 Å². The van der Waals surface area contributed by atoms with Crippen LogP contribution in [0.3, 0.4) is 0 Å². The Morgan fingerprint density at radius 1 is 0.971 bits per heavy atom. The summed E-state index contributed by atoms with van der Waals surface area (Å²) >= 11 is 0. The van der Waals surface area contributed by atoms with E-state index in [1.165, 1.54) is 29.3 Å². The lowest BCUT2D eigenvalue weighted by molar-refractivity contribution is -0.385. The molecular formula is C24H22N4O7. The molecule has 1 amide bonds. The van der Waals surface area contributed by atoms with E-state index >= 15 is 0 Å². The van der Waals surface area contributed by atoms with Crippen LogP contribution in [0, 0.1) is 20.2 Å². The molecule has 0 aromatic heterocycles. The van der Waals surface area contributed by atoms with Gasteiger partial charge in [-0.2, -0.15) is 0 Å². The molecule has 2 aromatic rings. The quantitative estimate of drug-likeness (QED) is 0.441. The van der Waals surface area contributed by atoms with Crippen LogP contribution in [0.4, 0.5) is 11.4 Å². The number of hydrogen-bond donors (Lipinski definition) is 2. The molecule has 0 radical (unpaired) electrons. The summed E-state index contributed by atoms with van der Waals surface area (Å²) < 4.78 is 0. The highest BCUT2D eigenvalue weighted by atomic mass is 16.6. The van der Waals surface area contributed by atoms with E-state index in [2.05, 4.69) is 5.43 Å². The third-order valence-electron chi connectivity index (χ3n) is 6.04. The van der Waals surface area contributed by atoms with E-state index in [0.717, 1.165) is 28.8 Å². The van der Waals surface area contributed by atoms with Gasteiger partial charge in [0.1, 0.15) is 6.04 Å². The van der Waals surface area contributed by atoms with Gasteiger partial charge in [-0.05, 0) is 71.9 Å². The second kappa shape index (κ2) is 9.75. The van der Waals surface area contributed by atoms with Gasteiger partial charge in [0.25, 0.3) is 11.4 Å². The zero-order chi connectivity index (χ0) is 25.1. The Labute approximate surface area is 199 Å². The number of carboxylic acids is 1. The first-order chi connectivity index (χ1) is 16.7. The Balaban J connectivity index is 1.71. The minimum Gasteiger partial charge on any atom is -0.481 e. The first-order valence-corrected chi connectivity index (χ1v) is 11.0. The molecule has 11 heteroatoms. The normalized spacial score (nSPS) is 18.2. The monoisotopic (exact) mass is 478 g/mol. The molecule has 180 valence electrons. The number of nitrogens with zero attached hydrogens (tertiary/aromatic N) is 3. The lowest BCUT2D eigenvalue weighted by Gasteiger charge is -2.27. The number of benzene rings is 2. The molecule has 1 atom stereocenters. The number of nitro groups is 2. The van der Waals surface area contributed by atoms with Gasteiger partial charge in [0.05, 0.1) is 22.0 Å². The summed E-state index contributed by atoms with van der Waals surface area (Å²) in [5.41, 5.74) is 7.12. The maximum atomic E-state index is 13.0. The first-order valence-electron chi connectivity index (χ1n) is 11.0. The fourth-order valence-corrected chi connectivity index (χ4v) is 4.39. The average molecular weight is 478 g/mol. The van der Waals surface area contributed by atoms with Crippen molar-refractivity contribution in [2.45, 2.75) is 38.1 Å². The number of nitrogens with one attached hydrogen (secondary N) is 1. The summed E-state index contributed by atoms with van der Waals surface area (Å²) in [6, 6.07) is 11.6. The molecule has 2 N–H and O–H groups in total. The number of hydrogen-bond acceptors (Lipinski definition) is 7. The van der Waals surface area contributed by atoms with Gasteiger partial charge in [0.15, 0.2) is 0 Å². The van der Waals surface area contributed by atoms with Gasteiger partial charge in [-0.25, -0.2) is 5.01 Å². The smallest absolute Gasteiger partial charge is 0.303 e. The molecule has 35 heavy (non-hydrogen) atoms. The molecule has 0 unspecified atom stereocenters. The van der Waals surface area contributed by atoms with Crippen molar-refractivity contribution >= 4 is 29.3 Å². The van der Waals surface area contributed by atoms with Crippen LogP contribution in [-0.2, 0) is 9.59 Å². The SMILES string of the molecule is O=C(O)CCC(=O)N1NC2=C(CCC/C2=C\c2ccc([N+](=O)[O-])cc2)[C@H]1c1ccc([N+](=O)[O-])cc1. The van der Waals surface area contributed by atoms with E-state index in [1.807, 2.05) is 6.08 Å². The number of hydrazine groups is 1. The molecule has 0 spiro atoms. The molecule has 0 saturated heterocycles. The Hall–Kier alpha value is -4.54. The van der Waals surface area contributed by atoms with Crippen molar-refractivity contribution in [3.8, 4) is 0 Å². The van der Waals surface area contributed by atoms with Crippen molar-refractivity contribution in [2.75, 3.05) is 0 Å². The highest BCUT2D eigenvalue weighted by molar-refractivity contribution is 5.82. The van der Waals surface area contributed by atoms with Crippen molar-refractivity contribution in [3.63, 3.8) is 0 Å². The summed E-state index contributed by atoms with van der Waals surface area (Å²) in [6.45, 7) is 0. The zero-order valence-corrected chi connectivity index (χ0v) is 18.5. The minimum absolute atomic E-state index is 0.0110. The summed E-state index contributed by atoms with van der Waals surface area (Å²) in [7, 11) is 0. The Morgan fingerprint density at radius 3 is 2.14 bits per heavy atom. The molecule has 0 saturated carbocycles. The number of carbonyl (C=O) groups is 2. The van der Waals surface area contributed by atoms with Gasteiger partial charge in [-0.1, -0.05) is 0 Å². The maximum Gasteiger partial charge on any atom is 0.303 e. The third kappa shape index (κ3) is 5.03. The molecule has 1 aliphatic carbocycles. The predicted molar refractivity (Wildman–Crippen MR) is 125 cm³/mol. The molecule has 4 rings (SSSR count). The highest BCUT2D eigenvalue weighted by Gasteiger charge is 2.39. The van der Waals surface area contributed by atoms with E-state index < -0.39 is 27.8 Å². The number of allylic oxidation sites excluding steroid dienone is 1. The van der Waals surface area contributed by atoms with Crippen LogP contribution in [0.15, 0.2) is 65.4 Å². The molecule has 2 aromatic carbocycles. The van der Waals surface area contributed by atoms with Crippen LogP contribution in [0.2, 0.25) is 0 Å². The van der Waals surface area contributed by atoms with E-state index in [1.54, 1.807) is 24.3 Å². The Bertz CT molecular complexity index is 1250. The van der Waals surface area contributed by atoms with Crippen molar-refractivity contribution in [3.05, 3.63) is 96.7 Å². The topological polar surface area (TPSA) is 156 Å². The van der Waals surface area contributed by atoms with Crippen LogP contribution in [0.25, 0.3) is 6.08 Å². The average Bonchev–Trinajstić information content (AvgIpc) is 3.23. The van der Waals surface area contributed by atoms with Gasteiger partial charge < -0.3 is 5.11 Å². The largest absolute Gasteiger partial charge is 0.481 e. The summed E-state index contributed by atoms with van der Waals surface area (Å²) in [6.07, 6.45) is 3.59. The molecule has 1 heterocycles. The molecule has 2 aliphatic rings. The van der Waals surface area contributed by atoms with Crippen molar-refractivity contribution < 1.29 is 24.5 Å². The summed E-state index contributed by atoms with van der Waals surface area (Å²) in [5, 5.41) is 32.4. The van der Waals surface area contributed by atoms with Crippen LogP contribution in [0.5, 0.6) is 0 Å². The lowest BCUT2D eigenvalue weighted by atomic mass is 9.85. The number of aliphatic carboxylic acids is 1. The molecule has 1 aliphatic heterocycles. The van der Waals surface area contributed by atoms with Gasteiger partial charge in [-0.3, -0.25) is 35.2 Å². The zero-order valence-electron chi connectivity index (χ0n) is 18.5. The van der Waals surface area contributed by atoms with Crippen LogP contribution in [0.1, 0.15) is 49.3 Å². The van der Waals surface area contributed by atoms with Crippen LogP contribution >= 0.6 is 0 Å². The van der Waals surface area contributed by atoms with E-state index in [4.69, 9.17) is 5.11 Å². The number of non-ortho nitro benzene ring substituents is 2. The standard InChI is InChI=1S/C24H22N4O7/c29-21(12-13-22(30)31)26-24(16-6-10-19(11-7-16)28(34)35)20-3-1-2-17(23(20)25-26)14-15-4-8-18(9-5-15)27(32)33/h4-11,14,24-25H,1-3,12-13H2,(H,30,31)/b17-14+/t24-/m1/s1. The summed E-state index contributed by atoms with van der Waals surface area (Å²) in [5.74, 6) is -1.49. The number of amides is 1. The summed E-state index contributed by atoms with van der Waals surface area (Å²) in [4.78, 5) is 45.1. The van der Waals surface area contributed by atoms with E-state index in [9.17, 15) is 29.8 Å². The number of rotatable bonds is 7. The fraction of sp³-hybridized carbons (Fsp3) is 0.250. The maximum absolute atomic E-state index is 13.0. The second-order valence-corrected chi connectivity index (χ2v) is 8.29. The molecular weight excluding hydrogens is 456 g/mol. The number of carbonyl (C=O) groups excluding carboxylic acids is 1. The van der Waals surface area contributed by atoms with Crippen molar-refractivity contribution in [2.24, 2.45) is 0 Å². The Morgan fingerprint density at radius 2 is 1.57 bits per heavy atom. The number of carboxylic acid groups (broad SMARTS) is 1. The van der Waals surface area contributed by atoms with E-state index in [-0.39, 0.29) is 24.2 Å². The predicted octanol–water partition coefficient (Wildman–Crippen LogP) is 4.28. The Kier molecular flexibility index (Phi) is 6.58. The highest BCUT2D eigenvalue weighted by Crippen LogP contribution is 2.44. The van der Waals surface area contributed by atoms with Crippen molar-refractivity contribution in [1.29, 1.82) is 0 Å².